The van der Waals surface area contributed by atoms with Crippen molar-refractivity contribution in [2.45, 2.75) is 64.5 Å². The van der Waals surface area contributed by atoms with Gasteiger partial charge in [-0.25, -0.2) is 0 Å². The zero-order chi connectivity index (χ0) is 28.3. The number of fused-ring (bicyclic) bond motifs is 1. The number of ether oxygens (including phenoxy) is 5. The third kappa shape index (κ3) is 6.22. The number of esters is 4. The molecule has 1 aliphatic carbocycles. The minimum atomic E-state index is -1.42. The summed E-state index contributed by atoms with van der Waals surface area (Å²) >= 11 is 0.727. The minimum absolute atomic E-state index is 0.00172. The van der Waals surface area contributed by atoms with Crippen LogP contribution in [0.15, 0.2) is 28.7 Å². The second kappa shape index (κ2) is 11.8. The van der Waals surface area contributed by atoms with Gasteiger partial charge in [0.15, 0.2) is 24.1 Å². The Labute approximate surface area is 221 Å². The molecular weight excluding hydrogens is 524 g/mol. The molecule has 1 aromatic rings. The molecule has 38 heavy (non-hydrogen) atoms. The van der Waals surface area contributed by atoms with E-state index in [1.807, 2.05) is 0 Å². The van der Waals surface area contributed by atoms with Gasteiger partial charge < -0.3 is 28.8 Å². The molecular formula is C25H26O12S. The standard InChI is InChI=1S/C25H26O12S/c1-10-19(31)18-15(7-6-8-16(18)30)20(32)24(10)38-25-23(36-14(5)29)22(35-13(4)28)21(34-12(3)27)17(37-25)9-33-11(2)26/h6-8,17,21-23,25,30H,9H2,1-5H3. The van der Waals surface area contributed by atoms with Crippen molar-refractivity contribution >= 4 is 47.2 Å². The number of benzene rings is 1. The second-order valence-electron chi connectivity index (χ2n) is 8.50. The quantitative estimate of drug-likeness (QED) is 0.386. The summed E-state index contributed by atoms with van der Waals surface area (Å²) in [4.78, 5) is 73.7. The summed E-state index contributed by atoms with van der Waals surface area (Å²) < 4.78 is 27.2. The number of phenolic OH excluding ortho intramolecular Hbond substituents is 1. The van der Waals surface area contributed by atoms with Crippen LogP contribution in [0, 0.1) is 0 Å². The predicted octanol–water partition coefficient (Wildman–Crippen LogP) is 1.86. The maximum absolute atomic E-state index is 13.4. The van der Waals surface area contributed by atoms with Crippen LogP contribution >= 0.6 is 11.8 Å². The Morgan fingerprint density at radius 1 is 0.868 bits per heavy atom. The Morgan fingerprint density at radius 2 is 1.45 bits per heavy atom. The lowest BCUT2D eigenvalue weighted by Crippen LogP contribution is -2.61. The molecule has 0 bridgehead atoms. The van der Waals surface area contributed by atoms with Crippen molar-refractivity contribution in [1.82, 2.24) is 0 Å². The van der Waals surface area contributed by atoms with Gasteiger partial charge in [-0.3, -0.25) is 28.8 Å². The maximum atomic E-state index is 13.4. The van der Waals surface area contributed by atoms with E-state index >= 15 is 0 Å². The molecule has 1 aliphatic heterocycles. The predicted molar refractivity (Wildman–Crippen MR) is 129 cm³/mol. The third-order valence-electron chi connectivity index (χ3n) is 5.58. The van der Waals surface area contributed by atoms with Gasteiger partial charge in [-0.1, -0.05) is 17.8 Å². The second-order valence-corrected chi connectivity index (χ2v) is 9.61. The Bertz CT molecular complexity index is 1220. The highest BCUT2D eigenvalue weighted by Gasteiger charge is 2.53. The summed E-state index contributed by atoms with van der Waals surface area (Å²) in [6.45, 7) is 5.39. The van der Waals surface area contributed by atoms with E-state index in [2.05, 4.69) is 0 Å². The number of hydrogen-bond acceptors (Lipinski definition) is 13. The summed E-state index contributed by atoms with van der Waals surface area (Å²) in [5, 5.41) is 10.2. The number of Topliss-reactive ketones (excluding diaryl/α,β-unsaturated/α-hetero) is 2. The summed E-state index contributed by atoms with van der Waals surface area (Å²) in [5.74, 6) is -4.58. The number of allylic oxidation sites excluding steroid dienone is 2. The number of thioether (sulfide) groups is 1. The topological polar surface area (TPSA) is 169 Å². The Hall–Kier alpha value is -3.71. The number of carbonyl (C=O) groups is 6. The zero-order valence-corrected chi connectivity index (χ0v) is 22.0. The first-order chi connectivity index (χ1) is 17.8. The summed E-state index contributed by atoms with van der Waals surface area (Å²) in [7, 11) is 0. The van der Waals surface area contributed by atoms with Gasteiger partial charge >= 0.3 is 23.9 Å². The number of rotatable bonds is 7. The van der Waals surface area contributed by atoms with Gasteiger partial charge in [-0.2, -0.15) is 0 Å². The van der Waals surface area contributed by atoms with Gasteiger partial charge in [-0.05, 0) is 19.1 Å². The van der Waals surface area contributed by atoms with E-state index in [-0.39, 0.29) is 27.4 Å². The number of aromatic hydroxyl groups is 1. The highest BCUT2D eigenvalue weighted by atomic mass is 32.2. The first-order valence-electron chi connectivity index (χ1n) is 11.4. The average molecular weight is 551 g/mol. The number of ketones is 2. The van der Waals surface area contributed by atoms with Crippen LogP contribution in [0.2, 0.25) is 0 Å². The van der Waals surface area contributed by atoms with E-state index in [1.165, 1.54) is 25.1 Å². The molecule has 5 atom stereocenters. The Kier molecular flexibility index (Phi) is 8.94. The molecule has 0 aromatic heterocycles. The Morgan fingerprint density at radius 3 is 2.03 bits per heavy atom. The van der Waals surface area contributed by atoms with Gasteiger partial charge in [0.2, 0.25) is 5.78 Å². The molecule has 5 unspecified atom stereocenters. The molecule has 0 spiro atoms. The molecule has 12 nitrogen and oxygen atoms in total. The molecule has 204 valence electrons. The summed E-state index contributed by atoms with van der Waals surface area (Å²) in [5.41, 5.74) is -1.45. The first-order valence-corrected chi connectivity index (χ1v) is 12.3. The van der Waals surface area contributed by atoms with Crippen molar-refractivity contribution in [2.24, 2.45) is 0 Å². The minimum Gasteiger partial charge on any atom is -0.507 e. The van der Waals surface area contributed by atoms with Crippen molar-refractivity contribution in [3.05, 3.63) is 39.8 Å². The lowest BCUT2D eigenvalue weighted by atomic mass is 9.89. The number of phenols is 1. The third-order valence-corrected chi connectivity index (χ3v) is 6.92. The van der Waals surface area contributed by atoms with Crippen LogP contribution < -0.4 is 0 Å². The fourth-order valence-corrected chi connectivity index (χ4v) is 5.35. The normalized spacial score (nSPS) is 24.8. The molecule has 1 aromatic carbocycles. The average Bonchev–Trinajstić information content (AvgIpc) is 2.81. The molecule has 1 N–H and O–H groups in total. The molecule has 1 fully saturated rings. The molecule has 13 heteroatoms. The highest BCUT2D eigenvalue weighted by molar-refractivity contribution is 8.04. The zero-order valence-electron chi connectivity index (χ0n) is 21.2. The van der Waals surface area contributed by atoms with E-state index in [1.54, 1.807) is 0 Å². The smallest absolute Gasteiger partial charge is 0.303 e. The molecule has 2 aliphatic rings. The van der Waals surface area contributed by atoms with Crippen LogP contribution in [0.25, 0.3) is 0 Å². The lowest BCUT2D eigenvalue weighted by Gasteiger charge is -2.44. The van der Waals surface area contributed by atoms with E-state index < -0.39 is 71.9 Å². The van der Waals surface area contributed by atoms with Crippen molar-refractivity contribution in [2.75, 3.05) is 6.61 Å². The van der Waals surface area contributed by atoms with Crippen LogP contribution in [-0.4, -0.2) is 77.0 Å². The monoisotopic (exact) mass is 550 g/mol. The maximum Gasteiger partial charge on any atom is 0.303 e. The fraction of sp³-hybridized carbons (Fsp3) is 0.440. The molecule has 0 radical (unpaired) electrons. The molecule has 0 saturated carbocycles. The summed E-state index contributed by atoms with van der Waals surface area (Å²) in [6, 6.07) is 4.08. The number of hydrogen-bond donors (Lipinski definition) is 1. The van der Waals surface area contributed by atoms with Crippen LogP contribution in [-0.2, 0) is 42.9 Å². The van der Waals surface area contributed by atoms with E-state index in [4.69, 9.17) is 23.7 Å². The van der Waals surface area contributed by atoms with Crippen molar-refractivity contribution in [1.29, 1.82) is 0 Å². The molecule has 1 heterocycles. The summed E-state index contributed by atoms with van der Waals surface area (Å²) in [6.07, 6.45) is -5.39. The van der Waals surface area contributed by atoms with E-state index in [0.29, 0.717) is 0 Å². The van der Waals surface area contributed by atoms with E-state index in [9.17, 15) is 33.9 Å². The van der Waals surface area contributed by atoms with Crippen LogP contribution in [0.5, 0.6) is 5.75 Å². The van der Waals surface area contributed by atoms with Crippen molar-refractivity contribution in [3.8, 4) is 5.75 Å². The largest absolute Gasteiger partial charge is 0.507 e. The number of carbonyl (C=O) groups excluding carboxylic acids is 6. The van der Waals surface area contributed by atoms with Gasteiger partial charge in [0.05, 0.1) is 10.5 Å². The van der Waals surface area contributed by atoms with Crippen molar-refractivity contribution in [3.63, 3.8) is 0 Å². The SMILES string of the molecule is CC(=O)OCC1OC(SC2=C(C)C(=O)c3c(O)cccc3C2=O)C(OC(C)=O)C(OC(C)=O)C1OC(C)=O. The van der Waals surface area contributed by atoms with E-state index in [0.717, 1.165) is 39.5 Å². The molecule has 1 saturated heterocycles. The first kappa shape index (κ1) is 28.9. The fourth-order valence-electron chi connectivity index (χ4n) is 4.09. The van der Waals surface area contributed by atoms with Gasteiger partial charge in [0.25, 0.3) is 0 Å². The highest BCUT2D eigenvalue weighted by Crippen LogP contribution is 2.42. The molecule has 3 rings (SSSR count). The van der Waals surface area contributed by atoms with Crippen LogP contribution in [0.1, 0.15) is 55.3 Å². The van der Waals surface area contributed by atoms with Crippen molar-refractivity contribution < 1.29 is 57.6 Å². The van der Waals surface area contributed by atoms with Gasteiger partial charge in [-0.15, -0.1) is 0 Å². The molecule has 0 amide bonds. The van der Waals surface area contributed by atoms with Crippen LogP contribution in [0.4, 0.5) is 0 Å². The van der Waals surface area contributed by atoms with Gasteiger partial charge in [0.1, 0.15) is 23.9 Å². The lowest BCUT2D eigenvalue weighted by molar-refractivity contribution is -0.237. The van der Waals surface area contributed by atoms with Crippen LogP contribution in [0.3, 0.4) is 0 Å². The Balaban J connectivity index is 2.07. The van der Waals surface area contributed by atoms with Gasteiger partial charge in [0, 0.05) is 38.8 Å².